The van der Waals surface area contributed by atoms with Gasteiger partial charge in [0, 0.05) is 18.0 Å². The van der Waals surface area contributed by atoms with Crippen LogP contribution in [0.5, 0.6) is 0 Å². The number of aliphatic hydroxyl groups is 2. The van der Waals surface area contributed by atoms with E-state index in [9.17, 15) is 9.90 Å². The molecule has 0 radical (unpaired) electrons. The van der Waals surface area contributed by atoms with E-state index in [1.165, 1.54) is 0 Å². The molecule has 4 heteroatoms. The second kappa shape index (κ2) is 6.80. The zero-order chi connectivity index (χ0) is 13.7. The van der Waals surface area contributed by atoms with Gasteiger partial charge in [-0.1, -0.05) is 30.3 Å². The number of rotatable bonds is 5. The van der Waals surface area contributed by atoms with Crippen LogP contribution in [0, 0.1) is 5.92 Å². The average molecular weight is 263 g/mol. The summed E-state index contributed by atoms with van der Waals surface area (Å²) in [7, 11) is 0. The third-order valence-electron chi connectivity index (χ3n) is 3.70. The molecule has 1 atom stereocenters. The van der Waals surface area contributed by atoms with Gasteiger partial charge in [-0.15, -0.1) is 0 Å². The molecule has 4 nitrogen and oxygen atoms in total. The summed E-state index contributed by atoms with van der Waals surface area (Å²) in [6, 6.07) is 9.42. The Morgan fingerprint density at radius 3 is 2.47 bits per heavy atom. The zero-order valence-corrected chi connectivity index (χ0v) is 11.0. The van der Waals surface area contributed by atoms with Crippen LogP contribution in [0.2, 0.25) is 0 Å². The summed E-state index contributed by atoms with van der Waals surface area (Å²) in [5, 5.41) is 18.2. The van der Waals surface area contributed by atoms with E-state index in [-0.39, 0.29) is 18.3 Å². The molecule has 1 fully saturated rings. The predicted octanol–water partition coefficient (Wildman–Crippen LogP) is 0.935. The van der Waals surface area contributed by atoms with Gasteiger partial charge in [0.05, 0.1) is 12.7 Å². The number of carbonyl (C=O) groups excluding carboxylic acids is 1. The minimum absolute atomic E-state index is 0.0879. The van der Waals surface area contributed by atoms with E-state index in [0.29, 0.717) is 6.54 Å². The lowest BCUT2D eigenvalue weighted by atomic mass is 9.89. The summed E-state index contributed by atoms with van der Waals surface area (Å²) >= 11 is 0. The minimum Gasteiger partial charge on any atom is -0.394 e. The molecule has 0 spiro atoms. The molecule has 19 heavy (non-hydrogen) atoms. The van der Waals surface area contributed by atoms with Gasteiger partial charge in [-0.25, -0.2) is 0 Å². The number of carbonyl (C=O) groups is 1. The van der Waals surface area contributed by atoms with Gasteiger partial charge in [-0.2, -0.15) is 0 Å². The van der Waals surface area contributed by atoms with Gasteiger partial charge in [-0.3, -0.25) is 4.79 Å². The molecule has 1 heterocycles. The molecule has 1 aromatic carbocycles. The first-order chi connectivity index (χ1) is 9.20. The van der Waals surface area contributed by atoms with E-state index >= 15 is 0 Å². The maximum Gasteiger partial charge on any atom is 0.166 e. The Balaban J connectivity index is 1.85. The molecule has 0 amide bonds. The number of ketones is 1. The lowest BCUT2D eigenvalue weighted by molar-refractivity contribution is 0.0458. The second-order valence-corrected chi connectivity index (χ2v) is 5.14. The van der Waals surface area contributed by atoms with Gasteiger partial charge < -0.3 is 15.1 Å². The van der Waals surface area contributed by atoms with Crippen molar-refractivity contribution in [3.05, 3.63) is 35.9 Å². The lowest BCUT2D eigenvalue weighted by Crippen LogP contribution is -2.41. The van der Waals surface area contributed by atoms with E-state index in [0.717, 1.165) is 31.5 Å². The Morgan fingerprint density at radius 1 is 1.26 bits per heavy atom. The number of hydrogen-bond acceptors (Lipinski definition) is 4. The molecule has 0 bridgehead atoms. The summed E-state index contributed by atoms with van der Waals surface area (Å²) in [6.45, 7) is 1.90. The normalized spacial score (nSPS) is 19.3. The number of Topliss-reactive ketones (excluding diaryl/α,β-unsaturated/α-hetero) is 1. The Labute approximate surface area is 113 Å². The molecular formula is C15H21NO3. The standard InChI is InChI=1S/C15H21NO3/c17-11-14(18)10-16-8-6-13(7-9-16)15(19)12-4-2-1-3-5-12/h1-5,13-14,17-18H,6-11H2/t14-/m0/s1. The third kappa shape index (κ3) is 3.86. The molecule has 0 unspecified atom stereocenters. The van der Waals surface area contributed by atoms with Crippen LogP contribution in [0.15, 0.2) is 30.3 Å². The summed E-state index contributed by atoms with van der Waals surface area (Å²) in [6.07, 6.45) is 0.971. The summed E-state index contributed by atoms with van der Waals surface area (Å²) in [4.78, 5) is 14.4. The van der Waals surface area contributed by atoms with Crippen LogP contribution < -0.4 is 0 Å². The first kappa shape index (κ1) is 14.2. The van der Waals surface area contributed by atoms with E-state index in [1.54, 1.807) is 0 Å². The lowest BCUT2D eigenvalue weighted by Gasteiger charge is -2.32. The van der Waals surface area contributed by atoms with Crippen molar-refractivity contribution in [2.45, 2.75) is 18.9 Å². The maximum absolute atomic E-state index is 12.3. The van der Waals surface area contributed by atoms with Crippen LogP contribution >= 0.6 is 0 Å². The quantitative estimate of drug-likeness (QED) is 0.776. The molecular weight excluding hydrogens is 242 g/mol. The zero-order valence-electron chi connectivity index (χ0n) is 11.0. The van der Waals surface area contributed by atoms with E-state index < -0.39 is 6.10 Å². The van der Waals surface area contributed by atoms with E-state index in [1.807, 2.05) is 30.3 Å². The van der Waals surface area contributed by atoms with Crippen molar-refractivity contribution in [1.29, 1.82) is 0 Å². The second-order valence-electron chi connectivity index (χ2n) is 5.14. The number of likely N-dealkylation sites (tertiary alicyclic amines) is 1. The van der Waals surface area contributed by atoms with Crippen molar-refractivity contribution in [1.82, 2.24) is 4.90 Å². The number of hydrogen-bond donors (Lipinski definition) is 2. The van der Waals surface area contributed by atoms with Gasteiger partial charge in [0.2, 0.25) is 0 Å². The summed E-state index contributed by atoms with van der Waals surface area (Å²) in [5.74, 6) is 0.313. The van der Waals surface area contributed by atoms with E-state index in [2.05, 4.69) is 4.90 Å². The average Bonchev–Trinajstić information content (AvgIpc) is 2.48. The molecule has 2 rings (SSSR count). The largest absolute Gasteiger partial charge is 0.394 e. The summed E-state index contributed by atoms with van der Waals surface area (Å²) in [5.41, 5.74) is 0.788. The maximum atomic E-state index is 12.3. The van der Waals surface area contributed by atoms with Crippen molar-refractivity contribution < 1.29 is 15.0 Å². The smallest absolute Gasteiger partial charge is 0.166 e. The first-order valence-electron chi connectivity index (χ1n) is 6.81. The Hall–Kier alpha value is -1.23. The Kier molecular flexibility index (Phi) is 5.07. The van der Waals surface area contributed by atoms with Gasteiger partial charge in [0.25, 0.3) is 0 Å². The van der Waals surface area contributed by atoms with Gasteiger partial charge >= 0.3 is 0 Å². The van der Waals surface area contributed by atoms with Gasteiger partial charge in [0.1, 0.15) is 0 Å². The molecule has 1 aromatic rings. The topological polar surface area (TPSA) is 60.8 Å². The van der Waals surface area contributed by atoms with Crippen molar-refractivity contribution in [2.24, 2.45) is 5.92 Å². The van der Waals surface area contributed by atoms with Crippen LogP contribution in [0.3, 0.4) is 0 Å². The van der Waals surface area contributed by atoms with Crippen molar-refractivity contribution in [3.63, 3.8) is 0 Å². The van der Waals surface area contributed by atoms with Crippen molar-refractivity contribution >= 4 is 5.78 Å². The summed E-state index contributed by atoms with van der Waals surface area (Å²) < 4.78 is 0. The first-order valence-corrected chi connectivity index (χ1v) is 6.81. The van der Waals surface area contributed by atoms with Crippen LogP contribution in [0.4, 0.5) is 0 Å². The van der Waals surface area contributed by atoms with Crippen LogP contribution in [0.1, 0.15) is 23.2 Å². The van der Waals surface area contributed by atoms with Crippen LogP contribution in [-0.4, -0.2) is 53.2 Å². The fourth-order valence-electron chi connectivity index (χ4n) is 2.57. The molecule has 2 N–H and O–H groups in total. The molecule has 104 valence electrons. The number of benzene rings is 1. The van der Waals surface area contributed by atoms with Gasteiger partial charge in [0.15, 0.2) is 5.78 Å². The Morgan fingerprint density at radius 2 is 1.89 bits per heavy atom. The predicted molar refractivity (Wildman–Crippen MR) is 73.0 cm³/mol. The SMILES string of the molecule is O=C(c1ccccc1)C1CCN(C[C@H](O)CO)CC1. The highest BCUT2D eigenvalue weighted by atomic mass is 16.3. The molecule has 1 aliphatic heterocycles. The number of aliphatic hydroxyl groups excluding tert-OH is 2. The molecule has 0 saturated carbocycles. The number of nitrogens with zero attached hydrogens (tertiary/aromatic N) is 1. The molecule has 1 saturated heterocycles. The number of β-amino-alcohol motifs (C(OH)–C–C–N with tert-alkyl or cyclic N) is 1. The van der Waals surface area contributed by atoms with Crippen molar-refractivity contribution in [2.75, 3.05) is 26.2 Å². The van der Waals surface area contributed by atoms with Crippen molar-refractivity contribution in [3.8, 4) is 0 Å². The highest BCUT2D eigenvalue weighted by molar-refractivity contribution is 5.97. The Bertz CT molecular complexity index is 399. The highest BCUT2D eigenvalue weighted by Gasteiger charge is 2.26. The molecule has 0 aromatic heterocycles. The van der Waals surface area contributed by atoms with Gasteiger partial charge in [-0.05, 0) is 25.9 Å². The van der Waals surface area contributed by atoms with Crippen LogP contribution in [0.25, 0.3) is 0 Å². The van der Waals surface area contributed by atoms with Crippen LogP contribution in [-0.2, 0) is 0 Å². The minimum atomic E-state index is -0.679. The molecule has 1 aliphatic rings. The number of piperidine rings is 1. The fourth-order valence-corrected chi connectivity index (χ4v) is 2.57. The molecule has 0 aliphatic carbocycles. The third-order valence-corrected chi connectivity index (χ3v) is 3.70. The highest BCUT2D eigenvalue weighted by Crippen LogP contribution is 2.21. The monoisotopic (exact) mass is 263 g/mol. The van der Waals surface area contributed by atoms with E-state index in [4.69, 9.17) is 5.11 Å². The fraction of sp³-hybridized carbons (Fsp3) is 0.533.